The number of thiophene rings is 1. The molecular weight excluding hydrogens is 278 g/mol. The summed E-state index contributed by atoms with van der Waals surface area (Å²) < 4.78 is 0. The summed E-state index contributed by atoms with van der Waals surface area (Å²) in [6, 6.07) is 8.38. The maximum absolute atomic E-state index is 4.70. The Morgan fingerprint density at radius 2 is 1.76 bits per heavy atom. The summed E-state index contributed by atoms with van der Waals surface area (Å²) in [5, 5.41) is 4.61. The number of hydrogen-bond donors (Lipinski definition) is 1. The summed E-state index contributed by atoms with van der Waals surface area (Å²) in [6.45, 7) is 8.46. The summed E-state index contributed by atoms with van der Waals surface area (Å²) in [4.78, 5) is 11.7. The molecule has 108 valence electrons. The lowest BCUT2D eigenvalue weighted by atomic mass is 10.2. The largest absolute Gasteiger partial charge is 0.340 e. The van der Waals surface area contributed by atoms with Crippen LogP contribution in [0.15, 0.2) is 24.3 Å². The Balaban J connectivity index is 2.13. The van der Waals surface area contributed by atoms with Crippen molar-refractivity contribution in [1.29, 1.82) is 0 Å². The Morgan fingerprint density at radius 1 is 1.05 bits per heavy atom. The van der Waals surface area contributed by atoms with E-state index in [0.29, 0.717) is 0 Å². The maximum Gasteiger partial charge on any atom is 0.143 e. The van der Waals surface area contributed by atoms with Gasteiger partial charge in [-0.15, -0.1) is 11.3 Å². The lowest BCUT2D eigenvalue weighted by Crippen LogP contribution is -2.00. The Bertz CT molecular complexity index is 788. The van der Waals surface area contributed by atoms with Gasteiger partial charge in [0.05, 0.1) is 5.39 Å². The molecule has 0 atom stereocenters. The predicted molar refractivity (Wildman–Crippen MR) is 90.7 cm³/mol. The molecule has 0 amide bonds. The average molecular weight is 297 g/mol. The van der Waals surface area contributed by atoms with Crippen LogP contribution in [0, 0.1) is 20.8 Å². The van der Waals surface area contributed by atoms with E-state index < -0.39 is 0 Å². The number of aryl methyl sites for hydroxylation is 4. The molecule has 1 N–H and O–H groups in total. The molecule has 0 aliphatic rings. The normalized spacial score (nSPS) is 11.0. The summed E-state index contributed by atoms with van der Waals surface area (Å²) in [5.41, 5.74) is 3.59. The third-order valence-electron chi connectivity index (χ3n) is 3.71. The van der Waals surface area contributed by atoms with Gasteiger partial charge in [0.2, 0.25) is 0 Å². The fourth-order valence-electron chi connectivity index (χ4n) is 2.32. The Morgan fingerprint density at radius 3 is 2.43 bits per heavy atom. The van der Waals surface area contributed by atoms with Gasteiger partial charge in [-0.3, -0.25) is 0 Å². The minimum Gasteiger partial charge on any atom is -0.340 e. The predicted octanol–water partition coefficient (Wildman–Crippen LogP) is 4.92. The van der Waals surface area contributed by atoms with Gasteiger partial charge in [-0.25, -0.2) is 9.97 Å². The first-order valence-corrected chi connectivity index (χ1v) is 8.00. The summed E-state index contributed by atoms with van der Waals surface area (Å²) in [7, 11) is 0. The second-order valence-electron chi connectivity index (χ2n) is 5.30. The van der Waals surface area contributed by atoms with E-state index in [2.05, 4.69) is 62.3 Å². The van der Waals surface area contributed by atoms with Gasteiger partial charge in [0.1, 0.15) is 16.5 Å². The summed E-state index contributed by atoms with van der Waals surface area (Å²) in [6.07, 6.45) is 0.842. The van der Waals surface area contributed by atoms with Crippen LogP contribution in [0.4, 0.5) is 11.5 Å². The van der Waals surface area contributed by atoms with E-state index in [1.165, 1.54) is 16.0 Å². The first-order valence-electron chi connectivity index (χ1n) is 7.18. The Labute approximate surface area is 129 Å². The van der Waals surface area contributed by atoms with Gasteiger partial charge in [0, 0.05) is 17.0 Å². The fraction of sp³-hybridized carbons (Fsp3) is 0.294. The van der Waals surface area contributed by atoms with E-state index in [0.717, 1.165) is 34.0 Å². The van der Waals surface area contributed by atoms with Crippen molar-refractivity contribution in [2.24, 2.45) is 0 Å². The van der Waals surface area contributed by atoms with E-state index in [9.17, 15) is 0 Å². The van der Waals surface area contributed by atoms with Crippen LogP contribution in [0.25, 0.3) is 10.2 Å². The lowest BCUT2D eigenvalue weighted by Gasteiger charge is -2.09. The molecule has 4 heteroatoms. The van der Waals surface area contributed by atoms with Crippen LogP contribution < -0.4 is 5.32 Å². The first-order chi connectivity index (χ1) is 10.1. The van der Waals surface area contributed by atoms with Crippen molar-refractivity contribution in [2.45, 2.75) is 34.1 Å². The SMILES string of the molecule is CCc1nc(Nc2ccc(C)cc2)c2c(C)c(C)sc2n1. The minimum absolute atomic E-state index is 0.842. The number of hydrogen-bond acceptors (Lipinski definition) is 4. The molecule has 2 heterocycles. The van der Waals surface area contributed by atoms with Crippen LogP contribution in [-0.4, -0.2) is 9.97 Å². The fourth-order valence-corrected chi connectivity index (χ4v) is 3.36. The van der Waals surface area contributed by atoms with Crippen LogP contribution in [-0.2, 0) is 6.42 Å². The number of aromatic nitrogens is 2. The highest BCUT2D eigenvalue weighted by Gasteiger charge is 2.14. The van der Waals surface area contributed by atoms with Crippen molar-refractivity contribution in [2.75, 3.05) is 5.32 Å². The van der Waals surface area contributed by atoms with Crippen molar-refractivity contribution in [3.05, 3.63) is 46.1 Å². The Hall–Kier alpha value is -1.94. The third-order valence-corrected chi connectivity index (χ3v) is 4.81. The molecule has 3 nitrogen and oxygen atoms in total. The molecule has 0 aliphatic carbocycles. The van der Waals surface area contributed by atoms with E-state index in [1.807, 2.05) is 0 Å². The standard InChI is InChI=1S/C17H19N3S/c1-5-14-19-16(18-13-8-6-10(2)7-9-13)15-11(3)12(4)21-17(15)20-14/h6-9H,5H2,1-4H3,(H,18,19,20). The number of nitrogens with zero attached hydrogens (tertiary/aromatic N) is 2. The van der Waals surface area contributed by atoms with Crippen LogP contribution in [0.1, 0.15) is 28.8 Å². The molecule has 0 radical (unpaired) electrons. The maximum atomic E-state index is 4.70. The van der Waals surface area contributed by atoms with Crippen molar-refractivity contribution in [3.63, 3.8) is 0 Å². The first kappa shape index (κ1) is 14.0. The van der Waals surface area contributed by atoms with Gasteiger partial charge in [-0.2, -0.15) is 0 Å². The molecule has 2 aromatic heterocycles. The van der Waals surface area contributed by atoms with E-state index in [1.54, 1.807) is 11.3 Å². The molecule has 0 saturated heterocycles. The molecule has 0 saturated carbocycles. The number of benzene rings is 1. The molecule has 0 spiro atoms. The Kier molecular flexibility index (Phi) is 3.64. The molecule has 3 rings (SSSR count). The zero-order valence-electron chi connectivity index (χ0n) is 12.8. The molecule has 0 unspecified atom stereocenters. The van der Waals surface area contributed by atoms with E-state index in [-0.39, 0.29) is 0 Å². The molecule has 0 bridgehead atoms. The van der Waals surface area contributed by atoms with Crippen LogP contribution in [0.2, 0.25) is 0 Å². The van der Waals surface area contributed by atoms with E-state index in [4.69, 9.17) is 4.98 Å². The highest BCUT2D eigenvalue weighted by atomic mass is 32.1. The van der Waals surface area contributed by atoms with Crippen molar-refractivity contribution in [3.8, 4) is 0 Å². The molecule has 0 aliphatic heterocycles. The smallest absolute Gasteiger partial charge is 0.143 e. The van der Waals surface area contributed by atoms with Crippen molar-refractivity contribution >= 4 is 33.1 Å². The quantitative estimate of drug-likeness (QED) is 0.745. The number of anilines is 2. The van der Waals surface area contributed by atoms with Crippen molar-refractivity contribution < 1.29 is 0 Å². The third kappa shape index (κ3) is 2.63. The highest BCUT2D eigenvalue weighted by Crippen LogP contribution is 2.34. The zero-order chi connectivity index (χ0) is 15.0. The van der Waals surface area contributed by atoms with Gasteiger partial charge in [-0.1, -0.05) is 24.6 Å². The number of rotatable bonds is 3. The molecule has 3 aromatic rings. The molecular formula is C17H19N3S. The molecule has 0 fully saturated rings. The summed E-state index contributed by atoms with van der Waals surface area (Å²) in [5.74, 6) is 1.81. The van der Waals surface area contributed by atoms with Crippen LogP contribution in [0.3, 0.4) is 0 Å². The van der Waals surface area contributed by atoms with Gasteiger partial charge < -0.3 is 5.32 Å². The van der Waals surface area contributed by atoms with Crippen LogP contribution >= 0.6 is 11.3 Å². The zero-order valence-corrected chi connectivity index (χ0v) is 13.6. The molecule has 21 heavy (non-hydrogen) atoms. The van der Waals surface area contributed by atoms with Crippen molar-refractivity contribution in [1.82, 2.24) is 9.97 Å². The number of nitrogens with one attached hydrogen (secondary N) is 1. The lowest BCUT2D eigenvalue weighted by molar-refractivity contribution is 0.967. The van der Waals surface area contributed by atoms with Gasteiger partial charge in [0.25, 0.3) is 0 Å². The van der Waals surface area contributed by atoms with Gasteiger partial charge in [-0.05, 0) is 38.5 Å². The van der Waals surface area contributed by atoms with Gasteiger partial charge >= 0.3 is 0 Å². The number of fused-ring (bicyclic) bond motifs is 1. The second kappa shape index (κ2) is 5.45. The molecule has 1 aromatic carbocycles. The minimum atomic E-state index is 0.842. The van der Waals surface area contributed by atoms with E-state index >= 15 is 0 Å². The topological polar surface area (TPSA) is 37.8 Å². The van der Waals surface area contributed by atoms with Gasteiger partial charge in [0.15, 0.2) is 0 Å². The average Bonchev–Trinajstić information content (AvgIpc) is 2.76. The van der Waals surface area contributed by atoms with Crippen LogP contribution in [0.5, 0.6) is 0 Å². The summed E-state index contributed by atoms with van der Waals surface area (Å²) >= 11 is 1.74. The second-order valence-corrected chi connectivity index (χ2v) is 6.50. The monoisotopic (exact) mass is 297 g/mol. The highest BCUT2D eigenvalue weighted by molar-refractivity contribution is 7.18.